The first-order chi connectivity index (χ1) is 12.5. The van der Waals surface area contributed by atoms with Crippen LogP contribution in [-0.2, 0) is 20.9 Å². The molecular formula is C22H27NO3. The van der Waals surface area contributed by atoms with Crippen molar-refractivity contribution < 1.29 is 14.3 Å². The monoisotopic (exact) mass is 353 g/mol. The van der Waals surface area contributed by atoms with Crippen molar-refractivity contribution in [1.29, 1.82) is 0 Å². The van der Waals surface area contributed by atoms with E-state index < -0.39 is 5.92 Å². The summed E-state index contributed by atoms with van der Waals surface area (Å²) in [5.74, 6) is -0.521. The van der Waals surface area contributed by atoms with E-state index in [1.165, 1.54) is 0 Å². The molecular weight excluding hydrogens is 326 g/mol. The molecule has 4 nitrogen and oxygen atoms in total. The molecule has 0 saturated carbocycles. The highest BCUT2D eigenvalue weighted by Gasteiger charge is 2.26. The Morgan fingerprint density at radius 3 is 2.12 bits per heavy atom. The van der Waals surface area contributed by atoms with Gasteiger partial charge in [-0.3, -0.25) is 9.59 Å². The van der Waals surface area contributed by atoms with Gasteiger partial charge in [0.05, 0.1) is 5.92 Å². The minimum Gasteiger partial charge on any atom is -0.461 e. The number of rotatable bonds is 8. The lowest BCUT2D eigenvalue weighted by Gasteiger charge is -2.22. The molecule has 0 fully saturated rings. The van der Waals surface area contributed by atoms with Crippen LogP contribution < -0.4 is 4.90 Å². The van der Waals surface area contributed by atoms with Crippen LogP contribution in [0.5, 0.6) is 0 Å². The first kappa shape index (κ1) is 19.7. The summed E-state index contributed by atoms with van der Waals surface area (Å²) in [5, 5.41) is 0. The van der Waals surface area contributed by atoms with Crippen molar-refractivity contribution in [2.45, 2.75) is 33.3 Å². The first-order valence-electron chi connectivity index (χ1n) is 8.99. The summed E-state index contributed by atoms with van der Waals surface area (Å²) in [4.78, 5) is 26.8. The predicted octanol–water partition coefficient (Wildman–Crippen LogP) is 4.45. The van der Waals surface area contributed by atoms with Gasteiger partial charge in [0.2, 0.25) is 5.91 Å². The van der Waals surface area contributed by atoms with Gasteiger partial charge in [-0.05, 0) is 30.0 Å². The summed E-state index contributed by atoms with van der Waals surface area (Å²) in [6.45, 7) is 4.32. The van der Waals surface area contributed by atoms with E-state index in [1.54, 1.807) is 11.9 Å². The molecule has 2 rings (SSSR count). The van der Waals surface area contributed by atoms with Gasteiger partial charge in [-0.25, -0.2) is 0 Å². The topological polar surface area (TPSA) is 46.6 Å². The SMILES string of the molecule is CC(C)C[C@H](CC(=O)N(C)c1ccccc1)C(=O)OCc1ccccc1. The van der Waals surface area contributed by atoms with Crippen molar-refractivity contribution in [2.75, 3.05) is 11.9 Å². The molecule has 4 heteroatoms. The molecule has 0 bridgehead atoms. The molecule has 138 valence electrons. The van der Waals surface area contributed by atoms with Crippen molar-refractivity contribution in [2.24, 2.45) is 11.8 Å². The molecule has 0 aliphatic carbocycles. The third kappa shape index (κ3) is 6.03. The minimum absolute atomic E-state index is 0.0847. The number of hydrogen-bond acceptors (Lipinski definition) is 3. The number of amides is 1. The summed E-state index contributed by atoms with van der Waals surface area (Å²) in [7, 11) is 1.74. The van der Waals surface area contributed by atoms with Crippen molar-refractivity contribution >= 4 is 17.6 Å². The molecule has 2 aromatic carbocycles. The standard InChI is InChI=1S/C22H27NO3/c1-17(2)14-19(22(25)26-16-18-10-6-4-7-11-18)15-21(24)23(3)20-12-8-5-9-13-20/h4-13,17,19H,14-16H2,1-3H3/t19-/m1/s1. The van der Waals surface area contributed by atoms with Gasteiger partial charge < -0.3 is 9.64 Å². The van der Waals surface area contributed by atoms with Crippen LogP contribution in [0.25, 0.3) is 0 Å². The van der Waals surface area contributed by atoms with Crippen molar-refractivity contribution in [3.05, 3.63) is 66.2 Å². The molecule has 0 heterocycles. The number of hydrogen-bond donors (Lipinski definition) is 0. The van der Waals surface area contributed by atoms with Crippen LogP contribution in [0.1, 0.15) is 32.3 Å². The van der Waals surface area contributed by atoms with Gasteiger partial charge in [0.15, 0.2) is 0 Å². The largest absolute Gasteiger partial charge is 0.461 e. The number of nitrogens with zero attached hydrogens (tertiary/aromatic N) is 1. The third-order valence-corrected chi connectivity index (χ3v) is 4.25. The normalized spacial score (nSPS) is 11.8. The van der Waals surface area contributed by atoms with Crippen molar-refractivity contribution in [3.63, 3.8) is 0 Å². The second kappa shape index (κ2) is 9.76. The van der Waals surface area contributed by atoms with Gasteiger partial charge in [-0.1, -0.05) is 62.4 Å². The molecule has 0 radical (unpaired) electrons. The highest BCUT2D eigenvalue weighted by Crippen LogP contribution is 2.21. The fourth-order valence-electron chi connectivity index (χ4n) is 2.82. The number of ether oxygens (including phenoxy) is 1. The van der Waals surface area contributed by atoms with Crippen LogP contribution in [0.3, 0.4) is 0 Å². The van der Waals surface area contributed by atoms with Gasteiger partial charge in [0.1, 0.15) is 6.61 Å². The zero-order valence-corrected chi connectivity index (χ0v) is 15.7. The van der Waals surface area contributed by atoms with Crippen LogP contribution in [0.4, 0.5) is 5.69 Å². The average molecular weight is 353 g/mol. The predicted molar refractivity (Wildman–Crippen MR) is 104 cm³/mol. The maximum atomic E-state index is 12.6. The van der Waals surface area contributed by atoms with E-state index in [9.17, 15) is 9.59 Å². The Labute approximate surface area is 155 Å². The fraction of sp³-hybridized carbons (Fsp3) is 0.364. The molecule has 0 aliphatic heterocycles. The smallest absolute Gasteiger partial charge is 0.309 e. The van der Waals surface area contributed by atoms with Gasteiger partial charge in [-0.2, -0.15) is 0 Å². The molecule has 26 heavy (non-hydrogen) atoms. The lowest BCUT2D eigenvalue weighted by molar-refractivity contribution is -0.152. The van der Waals surface area contributed by atoms with E-state index in [0.29, 0.717) is 12.3 Å². The number of anilines is 1. The summed E-state index contributed by atoms with van der Waals surface area (Å²) in [6, 6.07) is 19.0. The molecule has 2 aromatic rings. The van der Waals surface area contributed by atoms with Crippen LogP contribution in [-0.4, -0.2) is 18.9 Å². The van der Waals surface area contributed by atoms with E-state index in [0.717, 1.165) is 11.3 Å². The van der Waals surface area contributed by atoms with Crippen molar-refractivity contribution in [3.8, 4) is 0 Å². The highest BCUT2D eigenvalue weighted by atomic mass is 16.5. The van der Waals surface area contributed by atoms with Gasteiger partial charge in [0.25, 0.3) is 0 Å². The molecule has 0 aliphatic rings. The molecule has 1 amide bonds. The lowest BCUT2D eigenvalue weighted by atomic mass is 9.93. The Morgan fingerprint density at radius 1 is 0.962 bits per heavy atom. The molecule has 1 atom stereocenters. The second-order valence-corrected chi connectivity index (χ2v) is 6.91. The number of esters is 1. The maximum Gasteiger partial charge on any atom is 0.309 e. The van der Waals surface area contributed by atoms with Gasteiger partial charge in [0, 0.05) is 19.2 Å². The van der Waals surface area contributed by atoms with E-state index in [2.05, 4.69) is 0 Å². The molecule has 0 saturated heterocycles. The molecule has 0 spiro atoms. The number of carbonyl (C=O) groups excluding carboxylic acids is 2. The summed E-state index contributed by atoms with van der Waals surface area (Å²) >= 11 is 0. The lowest BCUT2D eigenvalue weighted by Crippen LogP contribution is -2.31. The summed E-state index contributed by atoms with van der Waals surface area (Å²) < 4.78 is 5.47. The maximum absolute atomic E-state index is 12.6. The fourth-order valence-corrected chi connectivity index (χ4v) is 2.82. The number of benzene rings is 2. The zero-order valence-electron chi connectivity index (χ0n) is 15.7. The quantitative estimate of drug-likeness (QED) is 0.659. The van der Waals surface area contributed by atoms with Crippen LogP contribution in [0, 0.1) is 11.8 Å². The Hall–Kier alpha value is -2.62. The van der Waals surface area contributed by atoms with Crippen LogP contribution in [0.2, 0.25) is 0 Å². The second-order valence-electron chi connectivity index (χ2n) is 6.91. The van der Waals surface area contributed by atoms with Gasteiger partial charge >= 0.3 is 5.97 Å². The van der Waals surface area contributed by atoms with E-state index >= 15 is 0 Å². The summed E-state index contributed by atoms with van der Waals surface area (Å²) in [5.41, 5.74) is 1.76. The third-order valence-electron chi connectivity index (χ3n) is 4.25. The minimum atomic E-state index is -0.433. The number of para-hydroxylation sites is 1. The van der Waals surface area contributed by atoms with E-state index in [1.807, 2.05) is 74.5 Å². The highest BCUT2D eigenvalue weighted by molar-refractivity contribution is 5.95. The molecule has 0 N–H and O–H groups in total. The Balaban J connectivity index is 1.99. The Bertz CT molecular complexity index is 698. The van der Waals surface area contributed by atoms with E-state index in [-0.39, 0.29) is 24.9 Å². The molecule has 0 unspecified atom stereocenters. The van der Waals surface area contributed by atoms with Crippen LogP contribution >= 0.6 is 0 Å². The average Bonchev–Trinajstić information content (AvgIpc) is 2.66. The molecule has 0 aromatic heterocycles. The van der Waals surface area contributed by atoms with Crippen LogP contribution in [0.15, 0.2) is 60.7 Å². The Morgan fingerprint density at radius 2 is 1.54 bits per heavy atom. The van der Waals surface area contributed by atoms with Crippen molar-refractivity contribution in [1.82, 2.24) is 0 Å². The first-order valence-corrected chi connectivity index (χ1v) is 8.99. The van der Waals surface area contributed by atoms with Gasteiger partial charge in [-0.15, -0.1) is 0 Å². The van der Waals surface area contributed by atoms with E-state index in [4.69, 9.17) is 4.74 Å². The number of carbonyl (C=O) groups is 2. The summed E-state index contributed by atoms with van der Waals surface area (Å²) in [6.07, 6.45) is 0.777. The Kier molecular flexibility index (Phi) is 7.39. The zero-order chi connectivity index (χ0) is 18.9.